The van der Waals surface area contributed by atoms with Gasteiger partial charge in [-0.25, -0.2) is 0 Å². The Morgan fingerprint density at radius 3 is 0.407 bits per heavy atom. The van der Waals surface area contributed by atoms with Crippen LogP contribution in [0.1, 0.15) is 483 Å². The summed E-state index contributed by atoms with van der Waals surface area (Å²) in [7, 11) is 8.71. The second kappa shape index (κ2) is 107. The van der Waals surface area contributed by atoms with Crippen LogP contribution in [0.3, 0.4) is 0 Å². The molecule has 0 aliphatic rings. The first kappa shape index (κ1) is 112. The standard InChI is InChI=1S/C20H38O4.C20H36O4.2C19H36O2.C18H35/c2*1-23-19(21)17-15-13-11-9-7-5-3-4-6-8-10-12-14-16-18-20(22)24-2;2*1-3-4-5-6-7-8-9-10-11-12-13-14-15-16-17-18-19(20)21-2;1-3-5-7-9-11-13-15-17-18-16-14-12-10-8-6-4-2/h3-18H2,1-2H3;3-4H,5-18H2,1-2H3;2*10-11H,3-9,12-18H2,1-2H3;17-18H,1,3-16H2,2H3/q;;;;-1/b;4-3+;2*11-10-;18-17-. The van der Waals surface area contributed by atoms with E-state index in [1.165, 1.54) is 370 Å². The van der Waals surface area contributed by atoms with E-state index in [4.69, 9.17) is 0 Å². The summed E-state index contributed by atoms with van der Waals surface area (Å²) in [6.45, 7) is 10.7. The highest BCUT2D eigenvalue weighted by atomic mass is 16.5. The molecule has 0 aromatic heterocycles. The van der Waals surface area contributed by atoms with Crippen LogP contribution in [0.5, 0.6) is 0 Å². The normalized spacial score (nSPS) is 11.0. The molecule has 0 aliphatic heterocycles. The number of rotatable bonds is 77. The lowest BCUT2D eigenvalue weighted by Gasteiger charge is -2.03. The summed E-state index contributed by atoms with van der Waals surface area (Å²) >= 11 is 0. The SMILES string of the molecule is CCCCCCCC/C=C\CCCCCCCC(=O)OC.CCCCCCCC/C=C\CCCCCCCC(=O)OC.COC(=O)CCCCCCC/C=C/CCCCCCCC(=O)OC.COC(=O)CCCCCCCCCCCCCCCCC(=O)OC.[CH2-]CCCCCCC/C=C\CCCCCCCC. The molecule has 0 radical (unpaired) electrons. The van der Waals surface area contributed by atoms with Gasteiger partial charge in [0.15, 0.2) is 0 Å². The van der Waals surface area contributed by atoms with E-state index in [-0.39, 0.29) is 35.8 Å². The summed E-state index contributed by atoms with van der Waals surface area (Å²) in [6.07, 6.45) is 106. The molecule has 0 heterocycles. The van der Waals surface area contributed by atoms with Crippen LogP contribution >= 0.6 is 0 Å². The molecule has 0 rings (SSSR count). The first-order valence-corrected chi connectivity index (χ1v) is 45.7. The van der Waals surface area contributed by atoms with Crippen LogP contribution in [-0.2, 0) is 57.2 Å². The number of unbranched alkanes of at least 4 members (excludes halogenated alkanes) is 57. The van der Waals surface area contributed by atoms with Gasteiger partial charge in [0.1, 0.15) is 0 Å². The molecule has 638 valence electrons. The number of esters is 6. The Bertz CT molecular complexity index is 1780. The zero-order chi connectivity index (χ0) is 80.3. The highest BCUT2D eigenvalue weighted by Crippen LogP contribution is 2.18. The molecule has 0 aliphatic carbocycles. The first-order valence-electron chi connectivity index (χ1n) is 45.7. The molecule has 0 unspecified atom stereocenters. The predicted octanol–water partition coefficient (Wildman–Crippen LogP) is 30.2. The van der Waals surface area contributed by atoms with Gasteiger partial charge in [-0.05, 0) is 141 Å². The van der Waals surface area contributed by atoms with Crippen LogP contribution in [0, 0.1) is 6.92 Å². The molecule has 0 saturated heterocycles. The molecule has 0 atom stereocenters. The van der Waals surface area contributed by atoms with Gasteiger partial charge in [0.05, 0.1) is 42.7 Å². The third-order valence-electron chi connectivity index (χ3n) is 19.8. The summed E-state index contributed by atoms with van der Waals surface area (Å²) in [6, 6.07) is 0. The van der Waals surface area contributed by atoms with Crippen molar-refractivity contribution in [3.8, 4) is 0 Å². The van der Waals surface area contributed by atoms with E-state index in [9.17, 15) is 28.8 Å². The minimum atomic E-state index is -0.0959. The molecule has 0 spiro atoms. The highest BCUT2D eigenvalue weighted by molar-refractivity contribution is 5.70. The minimum absolute atomic E-state index is 0.0763. The van der Waals surface area contributed by atoms with Gasteiger partial charge in [0.25, 0.3) is 0 Å². The highest BCUT2D eigenvalue weighted by Gasteiger charge is 2.05. The van der Waals surface area contributed by atoms with Crippen molar-refractivity contribution in [2.45, 2.75) is 483 Å². The molecule has 0 fully saturated rings. The monoisotopic (exact) mass is 1530 g/mol. The van der Waals surface area contributed by atoms with Gasteiger partial charge in [-0.15, -0.1) is 0 Å². The third-order valence-corrected chi connectivity index (χ3v) is 19.8. The van der Waals surface area contributed by atoms with Gasteiger partial charge in [0.2, 0.25) is 0 Å². The van der Waals surface area contributed by atoms with Crippen molar-refractivity contribution in [1.29, 1.82) is 0 Å². The zero-order valence-corrected chi connectivity index (χ0v) is 73.1. The van der Waals surface area contributed by atoms with E-state index in [0.717, 1.165) is 96.3 Å². The number of methoxy groups -OCH3 is 6. The van der Waals surface area contributed by atoms with Crippen LogP contribution in [0.2, 0.25) is 0 Å². The molecule has 108 heavy (non-hydrogen) atoms. The van der Waals surface area contributed by atoms with Crippen molar-refractivity contribution in [2.24, 2.45) is 0 Å². The molecular formula is C96H181O12-. The van der Waals surface area contributed by atoms with Crippen molar-refractivity contribution in [3.63, 3.8) is 0 Å². The van der Waals surface area contributed by atoms with Gasteiger partial charge >= 0.3 is 35.8 Å². The third kappa shape index (κ3) is 115. The number of carbonyl (C=O) groups is 6. The first-order chi connectivity index (χ1) is 52.9. The van der Waals surface area contributed by atoms with Crippen LogP contribution < -0.4 is 0 Å². The summed E-state index contributed by atoms with van der Waals surface area (Å²) in [5.74, 6) is -0.514. The zero-order valence-electron chi connectivity index (χ0n) is 73.1. The maximum Gasteiger partial charge on any atom is 0.305 e. The largest absolute Gasteiger partial charge is 0.469 e. The molecule has 12 heteroatoms. The maximum atomic E-state index is 10.9. The predicted molar refractivity (Wildman–Crippen MR) is 463 cm³/mol. The Labute approximate surface area is 670 Å². The van der Waals surface area contributed by atoms with Gasteiger partial charge in [0, 0.05) is 38.5 Å². The molecule has 0 saturated carbocycles. The summed E-state index contributed by atoms with van der Waals surface area (Å²) in [5, 5.41) is 0. The lowest BCUT2D eigenvalue weighted by Crippen LogP contribution is -1.99. The van der Waals surface area contributed by atoms with Crippen molar-refractivity contribution in [1.82, 2.24) is 0 Å². The van der Waals surface area contributed by atoms with Crippen molar-refractivity contribution >= 4 is 35.8 Å². The van der Waals surface area contributed by atoms with Crippen LogP contribution in [-0.4, -0.2) is 78.5 Å². The van der Waals surface area contributed by atoms with Crippen LogP contribution in [0.15, 0.2) is 48.6 Å². The Morgan fingerprint density at radius 1 is 0.176 bits per heavy atom. The molecule has 0 bridgehead atoms. The Morgan fingerprint density at radius 2 is 0.287 bits per heavy atom. The molecular weight excluding hydrogens is 1350 g/mol. The summed E-state index contributed by atoms with van der Waals surface area (Å²) in [5.41, 5.74) is 0. The van der Waals surface area contributed by atoms with E-state index in [1.54, 1.807) is 0 Å². The van der Waals surface area contributed by atoms with E-state index >= 15 is 0 Å². The fourth-order valence-corrected chi connectivity index (χ4v) is 12.6. The van der Waals surface area contributed by atoms with Gasteiger partial charge in [-0.3, -0.25) is 28.8 Å². The average molecular weight is 1530 g/mol. The quantitative estimate of drug-likeness (QED) is 0.0187. The fraction of sp³-hybridized carbons (Fsp3) is 0.844. The topological polar surface area (TPSA) is 158 Å². The molecule has 0 N–H and O–H groups in total. The number of ether oxygens (including phenoxy) is 6. The van der Waals surface area contributed by atoms with Crippen molar-refractivity contribution in [3.05, 3.63) is 55.5 Å². The van der Waals surface area contributed by atoms with Gasteiger partial charge in [-0.1, -0.05) is 345 Å². The van der Waals surface area contributed by atoms with E-state index in [2.05, 4.69) is 105 Å². The maximum absolute atomic E-state index is 10.9. The number of carbonyl (C=O) groups excluding carboxylic acids is 6. The molecule has 0 aromatic carbocycles. The Balaban J connectivity index is -0.000000411. The summed E-state index contributed by atoms with van der Waals surface area (Å²) in [4.78, 5) is 65.6. The van der Waals surface area contributed by atoms with E-state index < -0.39 is 0 Å². The lowest BCUT2D eigenvalue weighted by molar-refractivity contribution is -0.141. The van der Waals surface area contributed by atoms with Crippen molar-refractivity contribution in [2.75, 3.05) is 42.7 Å². The second-order valence-corrected chi connectivity index (χ2v) is 30.1. The van der Waals surface area contributed by atoms with Crippen LogP contribution in [0.4, 0.5) is 0 Å². The Hall–Kier alpha value is -4.22. The van der Waals surface area contributed by atoms with E-state index in [1.807, 2.05) is 0 Å². The van der Waals surface area contributed by atoms with Gasteiger partial charge < -0.3 is 35.3 Å². The average Bonchev–Trinajstić information content (AvgIpc) is 3.62. The molecule has 0 amide bonds. The second-order valence-electron chi connectivity index (χ2n) is 30.1. The minimum Gasteiger partial charge on any atom is -0.469 e. The number of hydrogen-bond donors (Lipinski definition) is 0. The van der Waals surface area contributed by atoms with Crippen molar-refractivity contribution < 1.29 is 57.2 Å². The van der Waals surface area contributed by atoms with E-state index in [0.29, 0.717) is 38.5 Å². The number of hydrogen-bond acceptors (Lipinski definition) is 12. The number of allylic oxidation sites excluding steroid dienone is 8. The lowest BCUT2D eigenvalue weighted by atomic mass is 10.0. The van der Waals surface area contributed by atoms with Crippen LogP contribution in [0.25, 0.3) is 0 Å². The fourth-order valence-electron chi connectivity index (χ4n) is 12.6. The summed E-state index contributed by atoms with van der Waals surface area (Å²) < 4.78 is 27.7. The Kier molecular flexibility index (Phi) is 111. The smallest absolute Gasteiger partial charge is 0.305 e. The molecule has 0 aromatic rings. The van der Waals surface area contributed by atoms with Gasteiger partial charge in [-0.2, -0.15) is 6.42 Å². The molecule has 12 nitrogen and oxygen atoms in total.